The first-order valence-electron chi connectivity index (χ1n) is 6.82. The van der Waals surface area contributed by atoms with Crippen LogP contribution >= 0.6 is 37.0 Å². The fourth-order valence-corrected chi connectivity index (χ4v) is 2.27. The van der Waals surface area contributed by atoms with Crippen molar-refractivity contribution in [1.29, 1.82) is 0 Å². The minimum absolute atomic E-state index is 0.185. The Morgan fingerprint density at radius 1 is 1.26 bits per heavy atom. The van der Waals surface area contributed by atoms with Crippen molar-refractivity contribution in [2.45, 2.75) is 18.9 Å². The number of carboxylic acid groups (broad SMARTS) is 1. The molecule has 128 valence electrons. The Morgan fingerprint density at radius 2 is 1.87 bits per heavy atom. The van der Waals surface area contributed by atoms with Crippen molar-refractivity contribution >= 4 is 54.0 Å². The lowest BCUT2D eigenvalue weighted by Gasteiger charge is -2.13. The first-order valence-corrected chi connectivity index (χ1v) is 9.30. The zero-order valence-electron chi connectivity index (χ0n) is 12.8. The van der Waals surface area contributed by atoms with E-state index in [9.17, 15) is 14.4 Å². The normalized spacial score (nSPS) is 10.9. The van der Waals surface area contributed by atoms with Gasteiger partial charge in [-0.1, -0.05) is 30.3 Å². The smallest absolute Gasteiger partial charge is 0.326 e. The van der Waals surface area contributed by atoms with E-state index in [1.165, 1.54) is 0 Å². The first-order chi connectivity index (χ1) is 10.9. The molecule has 1 atom stereocenters. The fourth-order valence-electron chi connectivity index (χ4n) is 1.44. The second kappa shape index (κ2) is 13.3. The maximum Gasteiger partial charge on any atom is 0.326 e. The van der Waals surface area contributed by atoms with Crippen LogP contribution in [0.3, 0.4) is 0 Å². The summed E-state index contributed by atoms with van der Waals surface area (Å²) in [7, 11) is 0. The average Bonchev–Trinajstić information content (AvgIpc) is 2.53. The maximum atomic E-state index is 11.1. The molecule has 5 nitrogen and oxygen atoms in total. The quantitative estimate of drug-likeness (QED) is 0.525. The molecule has 1 amide bonds. The Morgan fingerprint density at radius 3 is 2.26 bits per heavy atom. The summed E-state index contributed by atoms with van der Waals surface area (Å²) in [5.74, 6) is -0.0844. The Hall–Kier alpha value is -1.12. The van der Waals surface area contributed by atoms with Crippen LogP contribution in [-0.4, -0.2) is 45.9 Å². The number of aliphatic carboxylic acids is 1. The molecule has 0 aliphatic heterocycles. The van der Waals surface area contributed by atoms with Gasteiger partial charge in [-0.15, -0.1) is 12.6 Å². The van der Waals surface area contributed by atoms with Crippen LogP contribution in [-0.2, 0) is 9.59 Å². The Bertz CT molecular complexity index is 497. The molecule has 0 spiro atoms. The van der Waals surface area contributed by atoms with E-state index in [1.54, 1.807) is 23.9 Å². The molecule has 1 aromatic rings. The summed E-state index contributed by atoms with van der Waals surface area (Å²) < 4.78 is 0. The molecule has 8 heteroatoms. The van der Waals surface area contributed by atoms with E-state index < -0.39 is 12.0 Å². The van der Waals surface area contributed by atoms with Gasteiger partial charge in [0.2, 0.25) is 11.0 Å². The number of carbonyl (C=O) groups is 3. The van der Waals surface area contributed by atoms with E-state index in [2.05, 4.69) is 30.6 Å². The number of benzene rings is 1. The number of carboxylic acids is 1. The van der Waals surface area contributed by atoms with Crippen molar-refractivity contribution in [1.82, 2.24) is 5.32 Å². The fraction of sp³-hybridized carbons (Fsp3) is 0.400. The SMILES string of the molecule is CSCCC(NC(=O)CCS)C(=O)O.O=C(S)c1ccccc1. The summed E-state index contributed by atoms with van der Waals surface area (Å²) >= 11 is 9.10. The number of hydrogen-bond donors (Lipinski definition) is 4. The second-order valence-corrected chi connectivity index (χ2v) is 6.22. The third-order valence-corrected chi connectivity index (χ3v) is 3.73. The lowest BCUT2D eigenvalue weighted by atomic mass is 10.2. The molecular formula is C15H21NO4S3. The average molecular weight is 376 g/mol. The third-order valence-electron chi connectivity index (χ3n) is 2.60. The Labute approximate surface area is 151 Å². The van der Waals surface area contributed by atoms with Crippen LogP contribution < -0.4 is 5.32 Å². The van der Waals surface area contributed by atoms with E-state index in [4.69, 9.17) is 5.11 Å². The molecule has 0 aliphatic carbocycles. The monoisotopic (exact) mass is 375 g/mol. The van der Waals surface area contributed by atoms with Crippen LogP contribution in [0.25, 0.3) is 0 Å². The van der Waals surface area contributed by atoms with Crippen LogP contribution in [0.4, 0.5) is 0 Å². The van der Waals surface area contributed by atoms with Gasteiger partial charge < -0.3 is 10.4 Å². The van der Waals surface area contributed by atoms with Crippen molar-refractivity contribution in [2.75, 3.05) is 17.8 Å². The number of thioether (sulfide) groups is 1. The highest BCUT2D eigenvalue weighted by Gasteiger charge is 2.18. The highest BCUT2D eigenvalue weighted by Crippen LogP contribution is 2.02. The molecule has 0 aromatic heterocycles. The molecule has 0 saturated heterocycles. The number of thiol groups is 2. The lowest BCUT2D eigenvalue weighted by molar-refractivity contribution is -0.141. The van der Waals surface area contributed by atoms with Crippen LogP contribution in [0.15, 0.2) is 30.3 Å². The van der Waals surface area contributed by atoms with Gasteiger partial charge >= 0.3 is 5.97 Å². The molecule has 0 radical (unpaired) electrons. The van der Waals surface area contributed by atoms with Crippen LogP contribution in [0, 0.1) is 0 Å². The summed E-state index contributed by atoms with van der Waals surface area (Å²) in [6, 6.07) is 8.17. The van der Waals surface area contributed by atoms with E-state index >= 15 is 0 Å². The zero-order valence-corrected chi connectivity index (χ0v) is 15.4. The molecule has 2 N–H and O–H groups in total. The molecule has 0 heterocycles. The van der Waals surface area contributed by atoms with Gasteiger partial charge in [-0.3, -0.25) is 9.59 Å². The lowest BCUT2D eigenvalue weighted by Crippen LogP contribution is -2.41. The standard InChI is InChI=1S/C8H15NO3S2.C7H6OS/c1-14-5-3-6(8(11)12)9-7(10)2-4-13;8-7(9)6-4-2-1-3-5-6/h6,13H,2-5H2,1H3,(H,9,10)(H,11,12);1-5H,(H,8,9). The Kier molecular flexibility index (Phi) is 12.7. The summed E-state index contributed by atoms with van der Waals surface area (Å²) in [4.78, 5) is 32.3. The Balaban J connectivity index is 0.000000459. The number of nitrogens with one attached hydrogen (secondary N) is 1. The van der Waals surface area contributed by atoms with Crippen molar-refractivity contribution in [2.24, 2.45) is 0 Å². The largest absolute Gasteiger partial charge is 0.480 e. The van der Waals surface area contributed by atoms with Gasteiger partial charge in [-0.05, 0) is 24.2 Å². The van der Waals surface area contributed by atoms with Gasteiger partial charge in [0.15, 0.2) is 0 Å². The van der Waals surface area contributed by atoms with E-state index in [1.807, 2.05) is 24.5 Å². The molecule has 23 heavy (non-hydrogen) atoms. The predicted octanol–water partition coefficient (Wildman–Crippen LogP) is 2.39. The highest BCUT2D eigenvalue weighted by atomic mass is 32.2. The van der Waals surface area contributed by atoms with Crippen LogP contribution in [0.1, 0.15) is 23.2 Å². The predicted molar refractivity (Wildman–Crippen MR) is 101 cm³/mol. The number of hydrogen-bond acceptors (Lipinski definition) is 5. The summed E-state index contributed by atoms with van der Waals surface area (Å²) in [5.41, 5.74) is 0.640. The topological polar surface area (TPSA) is 83.5 Å². The van der Waals surface area contributed by atoms with Crippen molar-refractivity contribution in [3.63, 3.8) is 0 Å². The summed E-state index contributed by atoms with van der Waals surface area (Å²) in [6.07, 6.45) is 2.61. The minimum Gasteiger partial charge on any atom is -0.480 e. The van der Waals surface area contributed by atoms with E-state index in [0.29, 0.717) is 17.7 Å². The molecule has 1 unspecified atom stereocenters. The molecule has 0 bridgehead atoms. The van der Waals surface area contributed by atoms with Gasteiger partial charge in [0, 0.05) is 12.0 Å². The van der Waals surface area contributed by atoms with Gasteiger partial charge in [-0.25, -0.2) is 4.79 Å². The highest BCUT2D eigenvalue weighted by molar-refractivity contribution is 7.98. The van der Waals surface area contributed by atoms with Gasteiger partial charge in [0.25, 0.3) is 0 Å². The molecular weight excluding hydrogens is 354 g/mol. The molecule has 0 saturated carbocycles. The second-order valence-electron chi connectivity index (χ2n) is 4.38. The molecule has 1 rings (SSSR count). The number of carbonyl (C=O) groups excluding carboxylic acids is 2. The van der Waals surface area contributed by atoms with Crippen LogP contribution in [0.2, 0.25) is 0 Å². The van der Waals surface area contributed by atoms with E-state index in [0.717, 1.165) is 5.75 Å². The van der Waals surface area contributed by atoms with Crippen molar-refractivity contribution in [3.05, 3.63) is 35.9 Å². The number of amides is 1. The van der Waals surface area contributed by atoms with Crippen molar-refractivity contribution in [3.8, 4) is 0 Å². The van der Waals surface area contributed by atoms with Gasteiger partial charge in [0.1, 0.15) is 6.04 Å². The minimum atomic E-state index is -0.980. The third kappa shape index (κ3) is 11.1. The molecule has 0 aliphatic rings. The van der Waals surface area contributed by atoms with Gasteiger partial charge in [0.05, 0.1) is 0 Å². The van der Waals surface area contributed by atoms with Gasteiger partial charge in [-0.2, -0.15) is 24.4 Å². The summed E-state index contributed by atoms with van der Waals surface area (Å²) in [5, 5.41) is 11.0. The summed E-state index contributed by atoms with van der Waals surface area (Å²) in [6.45, 7) is 0. The van der Waals surface area contributed by atoms with Crippen LogP contribution in [0.5, 0.6) is 0 Å². The zero-order chi connectivity index (χ0) is 17.7. The number of rotatable bonds is 8. The molecule has 1 aromatic carbocycles. The van der Waals surface area contributed by atoms with Crippen molar-refractivity contribution < 1.29 is 19.5 Å². The maximum absolute atomic E-state index is 11.1. The first kappa shape index (κ1) is 21.9. The molecule has 0 fully saturated rings. The van der Waals surface area contributed by atoms with E-state index in [-0.39, 0.29) is 17.4 Å².